The summed E-state index contributed by atoms with van der Waals surface area (Å²) in [6.07, 6.45) is 3.31. The first-order valence-electron chi connectivity index (χ1n) is 6.96. The summed E-state index contributed by atoms with van der Waals surface area (Å²) < 4.78 is 0.876. The molecule has 4 atom stereocenters. The van der Waals surface area contributed by atoms with Gasteiger partial charge in [-0.05, 0) is 64.7 Å². The van der Waals surface area contributed by atoms with Crippen molar-refractivity contribution in [1.82, 2.24) is 5.32 Å². The van der Waals surface area contributed by atoms with E-state index < -0.39 is 5.97 Å². The molecule has 2 fully saturated rings. The van der Waals surface area contributed by atoms with Crippen LogP contribution in [-0.4, -0.2) is 17.1 Å². The topological polar surface area (TPSA) is 49.3 Å². The fourth-order valence-corrected chi connectivity index (χ4v) is 4.37. The number of nitrogens with one attached hydrogen (secondary N) is 1. The predicted octanol–water partition coefficient (Wildman–Crippen LogP) is 3.69. The fourth-order valence-electron chi connectivity index (χ4n) is 3.83. The second-order valence-corrected chi connectivity index (χ2v) is 7.11. The van der Waals surface area contributed by atoms with E-state index in [4.69, 9.17) is 11.6 Å². The average Bonchev–Trinajstić information content (AvgIpc) is 3.00. The molecule has 0 saturated heterocycles. The molecular weight excluding hydrogens is 342 g/mol. The van der Waals surface area contributed by atoms with Gasteiger partial charge in [-0.25, -0.2) is 0 Å². The summed E-state index contributed by atoms with van der Waals surface area (Å²) in [7, 11) is 0. The van der Waals surface area contributed by atoms with E-state index in [-0.39, 0.29) is 12.0 Å². The van der Waals surface area contributed by atoms with E-state index in [2.05, 4.69) is 21.2 Å². The number of benzene rings is 1. The zero-order chi connectivity index (χ0) is 14.3. The van der Waals surface area contributed by atoms with Crippen LogP contribution in [0.25, 0.3) is 0 Å². The molecule has 2 bridgehead atoms. The molecule has 1 aromatic rings. The smallest absolute Gasteiger partial charge is 0.308 e. The van der Waals surface area contributed by atoms with Crippen LogP contribution < -0.4 is 5.32 Å². The summed E-state index contributed by atoms with van der Waals surface area (Å²) in [6.45, 7) is 0.688. The molecule has 108 valence electrons. The van der Waals surface area contributed by atoms with Crippen LogP contribution in [0.5, 0.6) is 0 Å². The van der Waals surface area contributed by atoms with Crippen molar-refractivity contribution >= 4 is 33.5 Å². The summed E-state index contributed by atoms with van der Waals surface area (Å²) in [5, 5.41) is 13.6. The highest BCUT2D eigenvalue weighted by atomic mass is 79.9. The molecule has 2 N–H and O–H groups in total. The first-order valence-corrected chi connectivity index (χ1v) is 8.13. The van der Waals surface area contributed by atoms with Gasteiger partial charge in [0.15, 0.2) is 0 Å². The lowest BCUT2D eigenvalue weighted by molar-refractivity contribution is -0.144. The van der Waals surface area contributed by atoms with Gasteiger partial charge in [-0.15, -0.1) is 0 Å². The number of halogens is 2. The Morgan fingerprint density at radius 3 is 2.85 bits per heavy atom. The molecule has 4 unspecified atom stereocenters. The van der Waals surface area contributed by atoms with Crippen molar-refractivity contribution in [2.75, 3.05) is 0 Å². The molecule has 3 nitrogen and oxygen atoms in total. The third-order valence-corrected chi connectivity index (χ3v) is 5.94. The lowest BCUT2D eigenvalue weighted by atomic mass is 9.84. The zero-order valence-electron chi connectivity index (χ0n) is 11.0. The summed E-state index contributed by atoms with van der Waals surface area (Å²) >= 11 is 9.39. The van der Waals surface area contributed by atoms with Gasteiger partial charge in [-0.2, -0.15) is 0 Å². The quantitative estimate of drug-likeness (QED) is 0.863. The molecule has 0 amide bonds. The molecule has 1 aromatic carbocycles. The normalized spacial score (nSPS) is 31.7. The van der Waals surface area contributed by atoms with E-state index in [1.54, 1.807) is 0 Å². The van der Waals surface area contributed by atoms with Crippen molar-refractivity contribution in [3.05, 3.63) is 33.3 Å². The molecular formula is C15H17BrClNO2. The number of carboxylic acids is 1. The maximum atomic E-state index is 11.4. The van der Waals surface area contributed by atoms with Crippen molar-refractivity contribution in [2.45, 2.75) is 31.8 Å². The van der Waals surface area contributed by atoms with Gasteiger partial charge in [-0.3, -0.25) is 4.79 Å². The highest BCUT2D eigenvalue weighted by molar-refractivity contribution is 9.10. The highest BCUT2D eigenvalue weighted by Gasteiger charge is 2.50. The number of rotatable bonds is 4. The summed E-state index contributed by atoms with van der Waals surface area (Å²) in [6, 6.07) is 5.93. The monoisotopic (exact) mass is 357 g/mol. The Bertz CT molecular complexity index is 537. The SMILES string of the molecule is O=C(O)C1C2CCC(C2)C1NCc1ccc(Cl)c(Br)c1. The Kier molecular flexibility index (Phi) is 4.07. The molecule has 2 aliphatic rings. The molecule has 0 radical (unpaired) electrons. The Hall–Kier alpha value is -0.580. The van der Waals surface area contributed by atoms with E-state index in [1.165, 1.54) is 0 Å². The van der Waals surface area contributed by atoms with Gasteiger partial charge in [0, 0.05) is 17.1 Å². The molecule has 2 aliphatic carbocycles. The summed E-state index contributed by atoms with van der Waals surface area (Å²) in [4.78, 5) is 11.4. The molecule has 2 saturated carbocycles. The van der Waals surface area contributed by atoms with Crippen molar-refractivity contribution in [2.24, 2.45) is 17.8 Å². The molecule has 0 aromatic heterocycles. The standard InChI is InChI=1S/C15H17BrClNO2/c16-11-5-8(1-4-12(11)17)7-18-14-10-3-2-9(6-10)13(14)15(19)20/h1,4-5,9-10,13-14,18H,2-3,6-7H2,(H,19,20). The van der Waals surface area contributed by atoms with Crippen LogP contribution in [0.1, 0.15) is 24.8 Å². The third kappa shape index (κ3) is 2.61. The molecule has 0 heterocycles. The lowest BCUT2D eigenvalue weighted by Crippen LogP contribution is -2.43. The van der Waals surface area contributed by atoms with Crippen molar-refractivity contribution in [1.29, 1.82) is 0 Å². The van der Waals surface area contributed by atoms with Gasteiger partial charge in [0.25, 0.3) is 0 Å². The second-order valence-electron chi connectivity index (χ2n) is 5.85. The maximum absolute atomic E-state index is 11.4. The van der Waals surface area contributed by atoms with E-state index >= 15 is 0 Å². The minimum Gasteiger partial charge on any atom is -0.481 e. The van der Waals surface area contributed by atoms with Crippen LogP contribution in [0.3, 0.4) is 0 Å². The van der Waals surface area contributed by atoms with Gasteiger partial charge in [0.1, 0.15) is 0 Å². The molecule has 0 aliphatic heterocycles. The van der Waals surface area contributed by atoms with Gasteiger partial charge >= 0.3 is 5.97 Å². The number of aliphatic carboxylic acids is 1. The van der Waals surface area contributed by atoms with E-state index in [9.17, 15) is 9.90 Å². The Labute approximate surface area is 131 Å². The van der Waals surface area contributed by atoms with Crippen molar-refractivity contribution in [3.63, 3.8) is 0 Å². The molecule has 5 heteroatoms. The summed E-state index contributed by atoms with van der Waals surface area (Å²) in [5.41, 5.74) is 1.12. The average molecular weight is 359 g/mol. The molecule has 20 heavy (non-hydrogen) atoms. The number of hydrogen-bond donors (Lipinski definition) is 2. The Morgan fingerprint density at radius 1 is 1.40 bits per heavy atom. The van der Waals surface area contributed by atoms with Crippen LogP contribution in [0.4, 0.5) is 0 Å². The minimum absolute atomic E-state index is 0.112. The third-order valence-electron chi connectivity index (χ3n) is 4.73. The zero-order valence-corrected chi connectivity index (χ0v) is 13.3. The van der Waals surface area contributed by atoms with E-state index in [1.807, 2.05) is 18.2 Å². The van der Waals surface area contributed by atoms with Crippen LogP contribution in [0.2, 0.25) is 5.02 Å². The summed E-state index contributed by atoms with van der Waals surface area (Å²) in [5.74, 6) is 0.0280. The minimum atomic E-state index is -0.646. The molecule has 0 spiro atoms. The number of carbonyl (C=O) groups is 1. The van der Waals surface area contributed by atoms with Crippen molar-refractivity contribution in [3.8, 4) is 0 Å². The maximum Gasteiger partial charge on any atom is 0.308 e. The van der Waals surface area contributed by atoms with Crippen molar-refractivity contribution < 1.29 is 9.90 Å². The van der Waals surface area contributed by atoms with E-state index in [0.29, 0.717) is 23.4 Å². The Balaban J connectivity index is 1.68. The van der Waals surface area contributed by atoms with Gasteiger partial charge in [0.05, 0.1) is 10.9 Å². The highest BCUT2D eigenvalue weighted by Crippen LogP contribution is 2.48. The first-order chi connectivity index (χ1) is 9.56. The van der Waals surface area contributed by atoms with Gasteiger partial charge in [-0.1, -0.05) is 17.7 Å². The van der Waals surface area contributed by atoms with Crippen LogP contribution in [0.15, 0.2) is 22.7 Å². The fraction of sp³-hybridized carbons (Fsp3) is 0.533. The molecule has 3 rings (SSSR count). The predicted molar refractivity (Wildman–Crippen MR) is 81.7 cm³/mol. The van der Waals surface area contributed by atoms with Crippen LogP contribution in [0, 0.1) is 17.8 Å². The van der Waals surface area contributed by atoms with Crippen LogP contribution in [-0.2, 0) is 11.3 Å². The van der Waals surface area contributed by atoms with Gasteiger partial charge in [0.2, 0.25) is 0 Å². The van der Waals surface area contributed by atoms with Gasteiger partial charge < -0.3 is 10.4 Å². The number of hydrogen-bond acceptors (Lipinski definition) is 2. The van der Waals surface area contributed by atoms with Crippen LogP contribution >= 0.6 is 27.5 Å². The second kappa shape index (κ2) is 5.66. The lowest BCUT2D eigenvalue weighted by Gasteiger charge is -2.29. The number of carboxylic acid groups (broad SMARTS) is 1. The number of fused-ring (bicyclic) bond motifs is 2. The van der Waals surface area contributed by atoms with E-state index in [0.717, 1.165) is 29.3 Å². The Morgan fingerprint density at radius 2 is 2.15 bits per heavy atom. The first kappa shape index (κ1) is 14.4. The largest absolute Gasteiger partial charge is 0.481 e.